The van der Waals surface area contributed by atoms with Crippen LogP contribution in [0.4, 0.5) is 0 Å². The molecule has 2 amide bonds. The Kier molecular flexibility index (Phi) is 6.60. The molecular formula is C14H16BrN5O2S. The van der Waals surface area contributed by atoms with Crippen molar-refractivity contribution >= 4 is 39.5 Å². The Labute approximate surface area is 146 Å². The van der Waals surface area contributed by atoms with E-state index in [9.17, 15) is 9.59 Å². The second-order valence-electron chi connectivity index (χ2n) is 4.49. The van der Waals surface area contributed by atoms with Gasteiger partial charge in [-0.1, -0.05) is 39.8 Å². The zero-order valence-electron chi connectivity index (χ0n) is 12.4. The molecule has 0 spiro atoms. The third-order valence-electron chi connectivity index (χ3n) is 2.73. The summed E-state index contributed by atoms with van der Waals surface area (Å²) in [5.41, 5.74) is 0.910. The van der Waals surface area contributed by atoms with Crippen molar-refractivity contribution in [3.8, 4) is 11.4 Å². The monoisotopic (exact) mass is 397 g/mol. The number of thioether (sulfide) groups is 1. The summed E-state index contributed by atoms with van der Waals surface area (Å²) in [7, 11) is 0. The predicted molar refractivity (Wildman–Crippen MR) is 91.9 cm³/mol. The van der Waals surface area contributed by atoms with E-state index >= 15 is 0 Å². The van der Waals surface area contributed by atoms with Crippen molar-refractivity contribution in [2.24, 2.45) is 0 Å². The van der Waals surface area contributed by atoms with Gasteiger partial charge in [0.1, 0.15) is 0 Å². The van der Waals surface area contributed by atoms with Gasteiger partial charge in [0.2, 0.25) is 17.0 Å². The topological polar surface area (TPSA) is 99.8 Å². The van der Waals surface area contributed by atoms with Gasteiger partial charge in [0.25, 0.3) is 0 Å². The number of hydrogen-bond donors (Lipinski definition) is 3. The van der Waals surface area contributed by atoms with Gasteiger partial charge in [0.15, 0.2) is 5.82 Å². The Morgan fingerprint density at radius 2 is 1.96 bits per heavy atom. The molecule has 0 fully saturated rings. The van der Waals surface area contributed by atoms with E-state index in [0.717, 1.165) is 10.0 Å². The maximum absolute atomic E-state index is 11.7. The average Bonchev–Trinajstić information content (AvgIpc) is 3.01. The SMILES string of the molecule is CCNC(=O)CNC(=O)CSc1n[nH]c(-c2ccc(Br)cc2)n1. The van der Waals surface area contributed by atoms with Crippen LogP contribution in [0.15, 0.2) is 33.9 Å². The molecule has 0 atom stereocenters. The van der Waals surface area contributed by atoms with Gasteiger partial charge in [-0.3, -0.25) is 14.7 Å². The Bertz CT molecular complexity index is 674. The number of halogens is 1. The highest BCUT2D eigenvalue weighted by molar-refractivity contribution is 9.10. The maximum Gasteiger partial charge on any atom is 0.239 e. The summed E-state index contributed by atoms with van der Waals surface area (Å²) in [6.45, 7) is 2.34. The van der Waals surface area contributed by atoms with Crippen molar-refractivity contribution in [2.75, 3.05) is 18.8 Å². The number of hydrogen-bond acceptors (Lipinski definition) is 5. The summed E-state index contributed by atoms with van der Waals surface area (Å²) in [5, 5.41) is 12.5. The van der Waals surface area contributed by atoms with Gasteiger partial charge < -0.3 is 10.6 Å². The number of aromatic nitrogens is 3. The van der Waals surface area contributed by atoms with E-state index in [1.807, 2.05) is 31.2 Å². The molecule has 1 aromatic heterocycles. The van der Waals surface area contributed by atoms with Crippen LogP contribution in [-0.4, -0.2) is 45.8 Å². The molecule has 0 saturated carbocycles. The second kappa shape index (κ2) is 8.68. The molecule has 2 aromatic rings. The molecule has 122 valence electrons. The lowest BCUT2D eigenvalue weighted by Crippen LogP contribution is -2.37. The van der Waals surface area contributed by atoms with Gasteiger partial charge in [-0.25, -0.2) is 4.98 Å². The summed E-state index contributed by atoms with van der Waals surface area (Å²) in [6.07, 6.45) is 0. The Morgan fingerprint density at radius 1 is 1.22 bits per heavy atom. The van der Waals surface area contributed by atoms with Crippen molar-refractivity contribution < 1.29 is 9.59 Å². The fourth-order valence-electron chi connectivity index (χ4n) is 1.67. The molecule has 0 bridgehead atoms. The molecule has 1 heterocycles. The van der Waals surface area contributed by atoms with Crippen LogP contribution in [-0.2, 0) is 9.59 Å². The van der Waals surface area contributed by atoms with E-state index in [1.54, 1.807) is 0 Å². The third kappa shape index (κ3) is 5.68. The van der Waals surface area contributed by atoms with Gasteiger partial charge in [0, 0.05) is 16.6 Å². The number of H-pyrrole nitrogens is 1. The van der Waals surface area contributed by atoms with E-state index < -0.39 is 0 Å². The fourth-order valence-corrected chi connectivity index (χ4v) is 2.56. The highest BCUT2D eigenvalue weighted by atomic mass is 79.9. The summed E-state index contributed by atoms with van der Waals surface area (Å²) >= 11 is 4.58. The van der Waals surface area contributed by atoms with E-state index in [0.29, 0.717) is 17.5 Å². The smallest absolute Gasteiger partial charge is 0.239 e. The van der Waals surface area contributed by atoms with Gasteiger partial charge in [-0.2, -0.15) is 0 Å². The van der Waals surface area contributed by atoms with E-state index in [-0.39, 0.29) is 24.1 Å². The number of carbonyl (C=O) groups excluding carboxylic acids is 2. The first-order chi connectivity index (χ1) is 11.1. The fraction of sp³-hybridized carbons (Fsp3) is 0.286. The van der Waals surface area contributed by atoms with Gasteiger partial charge >= 0.3 is 0 Å². The molecule has 0 saturated heterocycles. The van der Waals surface area contributed by atoms with Crippen molar-refractivity contribution in [1.29, 1.82) is 0 Å². The molecule has 0 unspecified atom stereocenters. The van der Waals surface area contributed by atoms with Crippen LogP contribution in [0.3, 0.4) is 0 Å². The molecular weight excluding hydrogens is 382 g/mol. The predicted octanol–water partition coefficient (Wildman–Crippen LogP) is 1.58. The van der Waals surface area contributed by atoms with E-state index in [2.05, 4.69) is 41.7 Å². The van der Waals surface area contributed by atoms with Crippen LogP contribution in [0.25, 0.3) is 11.4 Å². The van der Waals surface area contributed by atoms with Crippen molar-refractivity contribution in [3.05, 3.63) is 28.7 Å². The van der Waals surface area contributed by atoms with Crippen molar-refractivity contribution in [2.45, 2.75) is 12.1 Å². The van der Waals surface area contributed by atoms with Gasteiger partial charge in [0.05, 0.1) is 12.3 Å². The Balaban J connectivity index is 1.81. The normalized spacial score (nSPS) is 10.3. The maximum atomic E-state index is 11.7. The zero-order valence-corrected chi connectivity index (χ0v) is 14.8. The van der Waals surface area contributed by atoms with Crippen molar-refractivity contribution in [1.82, 2.24) is 25.8 Å². The van der Waals surface area contributed by atoms with Crippen LogP contribution < -0.4 is 10.6 Å². The second-order valence-corrected chi connectivity index (χ2v) is 6.35. The Morgan fingerprint density at radius 3 is 2.65 bits per heavy atom. The van der Waals surface area contributed by atoms with Crippen LogP contribution in [0.1, 0.15) is 6.92 Å². The third-order valence-corrected chi connectivity index (χ3v) is 4.11. The molecule has 0 aliphatic heterocycles. The van der Waals surface area contributed by atoms with Gasteiger partial charge in [-0.05, 0) is 19.1 Å². The first-order valence-electron chi connectivity index (χ1n) is 6.93. The standard InChI is InChI=1S/C14H16BrN5O2S/c1-2-16-11(21)7-17-12(22)8-23-14-18-13(19-20-14)9-3-5-10(15)6-4-9/h3-6H,2,7-8H2,1H3,(H,16,21)(H,17,22)(H,18,19,20). The minimum Gasteiger partial charge on any atom is -0.355 e. The summed E-state index contributed by atoms with van der Waals surface area (Å²) < 4.78 is 0.985. The molecule has 2 rings (SSSR count). The number of nitrogens with one attached hydrogen (secondary N) is 3. The number of aromatic amines is 1. The molecule has 9 heteroatoms. The number of benzene rings is 1. The summed E-state index contributed by atoms with van der Waals surface area (Å²) in [6, 6.07) is 7.66. The minimum atomic E-state index is -0.240. The molecule has 0 aliphatic rings. The van der Waals surface area contributed by atoms with Crippen LogP contribution in [0.2, 0.25) is 0 Å². The summed E-state index contributed by atoms with van der Waals surface area (Å²) in [5.74, 6) is 0.345. The number of rotatable bonds is 7. The summed E-state index contributed by atoms with van der Waals surface area (Å²) in [4.78, 5) is 27.2. The molecule has 23 heavy (non-hydrogen) atoms. The number of nitrogens with zero attached hydrogens (tertiary/aromatic N) is 2. The lowest BCUT2D eigenvalue weighted by molar-refractivity contribution is -0.124. The van der Waals surface area contributed by atoms with Crippen LogP contribution >= 0.6 is 27.7 Å². The van der Waals surface area contributed by atoms with E-state index in [1.165, 1.54) is 11.8 Å². The first-order valence-corrected chi connectivity index (χ1v) is 8.71. The largest absolute Gasteiger partial charge is 0.355 e. The first kappa shape index (κ1) is 17.5. The highest BCUT2D eigenvalue weighted by Gasteiger charge is 2.10. The molecule has 3 N–H and O–H groups in total. The Hall–Kier alpha value is -1.87. The zero-order chi connectivity index (χ0) is 16.7. The van der Waals surface area contributed by atoms with E-state index in [4.69, 9.17) is 0 Å². The quantitative estimate of drug-likeness (QED) is 0.615. The van der Waals surface area contributed by atoms with Gasteiger partial charge in [-0.15, -0.1) is 5.10 Å². The average molecular weight is 398 g/mol. The lowest BCUT2D eigenvalue weighted by Gasteiger charge is -2.03. The van der Waals surface area contributed by atoms with Crippen LogP contribution in [0, 0.1) is 0 Å². The number of amides is 2. The number of likely N-dealkylation sites (N-methyl/N-ethyl adjacent to an activating group) is 1. The highest BCUT2D eigenvalue weighted by Crippen LogP contribution is 2.20. The number of carbonyl (C=O) groups is 2. The molecule has 1 aromatic carbocycles. The van der Waals surface area contributed by atoms with Crippen molar-refractivity contribution in [3.63, 3.8) is 0 Å². The minimum absolute atomic E-state index is 0.0224. The molecule has 7 nitrogen and oxygen atoms in total. The molecule has 0 aliphatic carbocycles. The lowest BCUT2D eigenvalue weighted by atomic mass is 10.2. The van der Waals surface area contributed by atoms with Crippen LogP contribution in [0.5, 0.6) is 0 Å². The molecule has 0 radical (unpaired) electrons.